The summed E-state index contributed by atoms with van der Waals surface area (Å²) in [6.07, 6.45) is 0.800. The predicted molar refractivity (Wildman–Crippen MR) is 86.5 cm³/mol. The van der Waals surface area contributed by atoms with Crippen molar-refractivity contribution in [2.45, 2.75) is 19.4 Å². The molecule has 2 rings (SSSR count). The Hall–Kier alpha value is -1.57. The van der Waals surface area contributed by atoms with E-state index >= 15 is 0 Å². The molecule has 0 spiro atoms. The van der Waals surface area contributed by atoms with E-state index in [-0.39, 0.29) is 12.1 Å². The number of rotatable bonds is 8. The van der Waals surface area contributed by atoms with Crippen LogP contribution in [-0.2, 0) is 9.47 Å². The highest BCUT2D eigenvalue weighted by Crippen LogP contribution is 2.23. The van der Waals surface area contributed by atoms with Crippen molar-refractivity contribution in [1.82, 2.24) is 15.5 Å². The lowest BCUT2D eigenvalue weighted by molar-refractivity contribution is 0.0121. The number of morpholine rings is 1. The summed E-state index contributed by atoms with van der Waals surface area (Å²) in [4.78, 5) is 14.2. The maximum atomic E-state index is 11.9. The van der Waals surface area contributed by atoms with Crippen molar-refractivity contribution in [3.05, 3.63) is 23.7 Å². The molecule has 1 unspecified atom stereocenters. The molecule has 0 aliphatic carbocycles. The van der Waals surface area contributed by atoms with E-state index < -0.39 is 0 Å². The van der Waals surface area contributed by atoms with Crippen LogP contribution in [-0.4, -0.2) is 64.0 Å². The van der Waals surface area contributed by atoms with Crippen LogP contribution in [0, 0.1) is 6.92 Å². The Bertz CT molecular complexity index is 472. The van der Waals surface area contributed by atoms with E-state index in [1.807, 2.05) is 19.1 Å². The molecule has 130 valence electrons. The first-order chi connectivity index (χ1) is 11.2. The summed E-state index contributed by atoms with van der Waals surface area (Å²) in [7, 11) is 1.65. The summed E-state index contributed by atoms with van der Waals surface area (Å²) in [6, 6.07) is 3.79. The van der Waals surface area contributed by atoms with E-state index in [1.165, 1.54) is 0 Å². The number of nitrogens with one attached hydrogen (secondary N) is 2. The maximum Gasteiger partial charge on any atom is 0.314 e. The van der Waals surface area contributed by atoms with E-state index in [0.29, 0.717) is 32.9 Å². The van der Waals surface area contributed by atoms with Crippen LogP contribution in [0.2, 0.25) is 0 Å². The van der Waals surface area contributed by atoms with Crippen LogP contribution in [0.25, 0.3) is 0 Å². The number of furan rings is 1. The van der Waals surface area contributed by atoms with Crippen LogP contribution in [0.15, 0.2) is 16.5 Å². The Morgan fingerprint density at radius 1 is 1.35 bits per heavy atom. The molecule has 2 amide bonds. The van der Waals surface area contributed by atoms with Gasteiger partial charge >= 0.3 is 6.03 Å². The first-order valence-corrected chi connectivity index (χ1v) is 8.09. The molecule has 1 aromatic rings. The summed E-state index contributed by atoms with van der Waals surface area (Å²) in [5.41, 5.74) is 0. The minimum absolute atomic E-state index is 0.0253. The molecule has 0 bridgehead atoms. The normalized spacial score (nSPS) is 17.0. The molecule has 1 saturated heterocycles. The molecule has 2 N–H and O–H groups in total. The fourth-order valence-electron chi connectivity index (χ4n) is 2.60. The number of urea groups is 1. The van der Waals surface area contributed by atoms with Gasteiger partial charge in [-0.25, -0.2) is 4.79 Å². The van der Waals surface area contributed by atoms with Crippen LogP contribution >= 0.6 is 0 Å². The lowest BCUT2D eigenvalue weighted by atomic mass is 10.1. The van der Waals surface area contributed by atoms with Gasteiger partial charge in [0, 0.05) is 39.9 Å². The van der Waals surface area contributed by atoms with E-state index in [0.717, 1.165) is 31.0 Å². The molecule has 2 heterocycles. The van der Waals surface area contributed by atoms with Crippen LogP contribution in [0.4, 0.5) is 4.79 Å². The number of ether oxygens (including phenoxy) is 2. The molecule has 7 heteroatoms. The number of methoxy groups -OCH3 is 1. The Morgan fingerprint density at radius 2 is 2.13 bits per heavy atom. The van der Waals surface area contributed by atoms with Crippen LogP contribution in [0.3, 0.4) is 0 Å². The molecule has 1 aromatic heterocycles. The second-order valence-corrected chi connectivity index (χ2v) is 5.60. The van der Waals surface area contributed by atoms with Crippen molar-refractivity contribution < 1.29 is 18.7 Å². The fourth-order valence-corrected chi connectivity index (χ4v) is 2.60. The third-order valence-electron chi connectivity index (χ3n) is 3.84. The van der Waals surface area contributed by atoms with Gasteiger partial charge < -0.3 is 24.5 Å². The van der Waals surface area contributed by atoms with Crippen molar-refractivity contribution in [1.29, 1.82) is 0 Å². The van der Waals surface area contributed by atoms with Crippen LogP contribution in [0.1, 0.15) is 24.0 Å². The van der Waals surface area contributed by atoms with Gasteiger partial charge in [-0.3, -0.25) is 4.90 Å². The van der Waals surface area contributed by atoms with Gasteiger partial charge in [-0.1, -0.05) is 0 Å². The van der Waals surface area contributed by atoms with Crippen LogP contribution in [0.5, 0.6) is 0 Å². The highest BCUT2D eigenvalue weighted by Gasteiger charge is 2.25. The minimum Gasteiger partial charge on any atom is -0.465 e. The van der Waals surface area contributed by atoms with Crippen molar-refractivity contribution in [3.63, 3.8) is 0 Å². The smallest absolute Gasteiger partial charge is 0.314 e. The molecule has 0 radical (unpaired) electrons. The van der Waals surface area contributed by atoms with Gasteiger partial charge in [0.05, 0.1) is 19.3 Å². The second-order valence-electron chi connectivity index (χ2n) is 5.60. The molecule has 1 aliphatic rings. The van der Waals surface area contributed by atoms with Gasteiger partial charge in [-0.05, 0) is 25.5 Å². The summed E-state index contributed by atoms with van der Waals surface area (Å²) in [5, 5.41) is 5.76. The number of carbonyl (C=O) groups is 1. The first-order valence-electron chi connectivity index (χ1n) is 8.09. The monoisotopic (exact) mass is 325 g/mol. The lowest BCUT2D eigenvalue weighted by Gasteiger charge is -2.33. The molecule has 7 nitrogen and oxygen atoms in total. The molecule has 23 heavy (non-hydrogen) atoms. The molecule has 0 aromatic carbocycles. The molecular weight excluding hydrogens is 298 g/mol. The van der Waals surface area contributed by atoms with E-state index in [4.69, 9.17) is 13.9 Å². The average Bonchev–Trinajstić information content (AvgIpc) is 2.99. The number of aryl methyl sites for hydroxylation is 1. The van der Waals surface area contributed by atoms with E-state index in [1.54, 1.807) is 7.11 Å². The zero-order valence-electron chi connectivity index (χ0n) is 14.0. The topological polar surface area (TPSA) is 76.0 Å². The van der Waals surface area contributed by atoms with Gasteiger partial charge in [-0.2, -0.15) is 0 Å². The Labute approximate surface area is 137 Å². The number of carbonyl (C=O) groups excluding carboxylic acids is 1. The van der Waals surface area contributed by atoms with Gasteiger partial charge in [0.1, 0.15) is 11.5 Å². The number of hydrogen-bond donors (Lipinski definition) is 2. The minimum atomic E-state index is -0.164. The third-order valence-corrected chi connectivity index (χ3v) is 3.84. The van der Waals surface area contributed by atoms with Gasteiger partial charge in [-0.15, -0.1) is 0 Å². The second kappa shape index (κ2) is 9.54. The Morgan fingerprint density at radius 3 is 2.78 bits per heavy atom. The van der Waals surface area contributed by atoms with Crippen molar-refractivity contribution in [2.24, 2.45) is 0 Å². The molecule has 1 aliphatic heterocycles. The Kier molecular flexibility index (Phi) is 7.38. The highest BCUT2D eigenvalue weighted by atomic mass is 16.5. The van der Waals surface area contributed by atoms with Gasteiger partial charge in [0.2, 0.25) is 0 Å². The van der Waals surface area contributed by atoms with Crippen molar-refractivity contribution in [3.8, 4) is 0 Å². The summed E-state index contributed by atoms with van der Waals surface area (Å²) in [5.74, 6) is 1.76. The fraction of sp³-hybridized carbons (Fsp3) is 0.688. The van der Waals surface area contributed by atoms with E-state index in [2.05, 4.69) is 15.5 Å². The van der Waals surface area contributed by atoms with E-state index in [9.17, 15) is 4.79 Å². The largest absolute Gasteiger partial charge is 0.465 e. The molecule has 1 fully saturated rings. The molecule has 0 saturated carbocycles. The SMILES string of the molecule is COCCCNC(=O)NCC(c1ccc(C)o1)N1CCOCC1. The first kappa shape index (κ1) is 17.8. The predicted octanol–water partition coefficient (Wildman–Crippen LogP) is 1.30. The van der Waals surface area contributed by atoms with Crippen molar-refractivity contribution >= 4 is 6.03 Å². The summed E-state index contributed by atoms with van der Waals surface area (Å²) >= 11 is 0. The third kappa shape index (κ3) is 5.85. The summed E-state index contributed by atoms with van der Waals surface area (Å²) in [6.45, 7) is 6.75. The lowest BCUT2D eigenvalue weighted by Crippen LogP contribution is -2.45. The zero-order valence-corrected chi connectivity index (χ0v) is 14.0. The number of nitrogens with zero attached hydrogens (tertiary/aromatic N) is 1. The quantitative estimate of drug-likeness (QED) is 0.705. The number of amides is 2. The van der Waals surface area contributed by atoms with Gasteiger partial charge in [0.25, 0.3) is 0 Å². The van der Waals surface area contributed by atoms with Gasteiger partial charge in [0.15, 0.2) is 0 Å². The highest BCUT2D eigenvalue weighted by molar-refractivity contribution is 5.73. The molecule has 1 atom stereocenters. The number of hydrogen-bond acceptors (Lipinski definition) is 5. The van der Waals surface area contributed by atoms with Crippen molar-refractivity contribution in [2.75, 3.05) is 53.1 Å². The standard InChI is InChI=1S/C16H27N3O4/c1-13-4-5-15(23-13)14(19-7-10-22-11-8-19)12-18-16(20)17-6-3-9-21-2/h4-5,14H,3,6-12H2,1-2H3,(H2,17,18,20). The average molecular weight is 325 g/mol. The van der Waals surface area contributed by atoms with Crippen LogP contribution < -0.4 is 10.6 Å². The summed E-state index contributed by atoms with van der Waals surface area (Å²) < 4.78 is 16.1. The zero-order chi connectivity index (χ0) is 16.5. The maximum absolute atomic E-state index is 11.9. The molecular formula is C16H27N3O4. The Balaban J connectivity index is 1.86.